The van der Waals surface area contributed by atoms with Gasteiger partial charge in [-0.2, -0.15) is 4.37 Å². The fourth-order valence-electron chi connectivity index (χ4n) is 6.03. The highest BCUT2D eigenvalue weighted by Crippen LogP contribution is 2.38. The van der Waals surface area contributed by atoms with Crippen molar-refractivity contribution in [2.75, 3.05) is 37.1 Å². The van der Waals surface area contributed by atoms with Crippen molar-refractivity contribution in [1.82, 2.24) is 8.94 Å². The Morgan fingerprint density at radius 1 is 1.22 bits per heavy atom. The number of aliphatic carboxylic acids is 1. The van der Waals surface area contributed by atoms with E-state index in [0.717, 1.165) is 31.1 Å². The van der Waals surface area contributed by atoms with Gasteiger partial charge in [-0.15, -0.1) is 6.42 Å². The van der Waals surface area contributed by atoms with Gasteiger partial charge in [0.15, 0.2) is 47.0 Å². The maximum absolute atomic E-state index is 14.5. The molecule has 0 spiro atoms. The van der Waals surface area contributed by atoms with Gasteiger partial charge >= 0.3 is 5.97 Å². The summed E-state index contributed by atoms with van der Waals surface area (Å²) in [5.41, 5.74) is 5.77. The van der Waals surface area contributed by atoms with Gasteiger partial charge in [0.2, 0.25) is 4.80 Å². The number of ketones is 3. The summed E-state index contributed by atoms with van der Waals surface area (Å²) in [6, 6.07) is 5.37. The molecule has 2 aliphatic heterocycles. The Kier molecular flexibility index (Phi) is 14.8. The second kappa shape index (κ2) is 18.6. The van der Waals surface area contributed by atoms with Crippen LogP contribution in [0.2, 0.25) is 5.02 Å². The first kappa shape index (κ1) is 46.1. The van der Waals surface area contributed by atoms with Crippen molar-refractivity contribution in [3.05, 3.63) is 57.4 Å². The van der Waals surface area contributed by atoms with Gasteiger partial charge in [0, 0.05) is 68.1 Å². The van der Waals surface area contributed by atoms with Gasteiger partial charge in [-0.3, -0.25) is 33.4 Å². The topological polar surface area (TPSA) is 246 Å². The Labute approximate surface area is 342 Å². The van der Waals surface area contributed by atoms with Crippen LogP contribution in [0.3, 0.4) is 0 Å². The van der Waals surface area contributed by atoms with Crippen molar-refractivity contribution in [2.24, 2.45) is 22.1 Å². The Bertz CT molecular complexity index is 2400. The minimum absolute atomic E-state index is 0.00216. The number of terminal acetylenes is 1. The predicted molar refractivity (Wildman–Crippen MR) is 213 cm³/mol. The van der Waals surface area contributed by atoms with Crippen LogP contribution in [0.5, 0.6) is 5.75 Å². The number of halogens is 2. The molecule has 1 amide bonds. The second-order valence-electron chi connectivity index (χ2n) is 14.7. The number of hydrogen-bond donors (Lipinski definition) is 3. The number of benzene rings is 2. The Morgan fingerprint density at radius 3 is 2.45 bits per heavy atom. The first-order valence-electron chi connectivity index (χ1n) is 17.6. The standard InChI is InChI=1S/C18H17FN4O2S.C14H13ClO5S.C5H12NO4P/c1-4-5-22-13-7-12(11(19)6-14(13)25-9-16(22)24)20-17-23-10-18(2,3)8-15(23)21-26-17;1-21(19,20)8-5-6-9(10(15)7-8)14(18)13-11(16)3-2-4-12(13)17;1-11(9,10)3-2-4(6)5(7)8/h1,6-7H,5,8-10H2,2-3H3;5-7,13H,2-4H2,1H3;4H,2-3,6H2,1H3,(H,7,8)(H,9,10)/b20-17-;;. The molecule has 0 bridgehead atoms. The Balaban J connectivity index is 0.000000209. The molecule has 0 saturated heterocycles. The lowest BCUT2D eigenvalue weighted by Gasteiger charge is -2.28. The monoisotopic (exact) mass is 881 g/mol. The van der Waals surface area contributed by atoms with Crippen LogP contribution in [0, 0.1) is 29.5 Å². The summed E-state index contributed by atoms with van der Waals surface area (Å²) in [5.74, 6) is -0.988. The van der Waals surface area contributed by atoms with E-state index < -0.39 is 58.3 Å². The van der Waals surface area contributed by atoms with E-state index in [2.05, 4.69) is 29.1 Å². The lowest BCUT2D eigenvalue weighted by Crippen LogP contribution is -2.39. The SMILES string of the molecule is C#CCN1C(=O)COc2cc(F)c(/N=c3\snc4n3CC(C)(C)C4)cc21.CP(=O)(O)CCC(N)C(=O)O.CS(=O)(=O)c1ccc(C(=O)C2C(=O)CCCC2=O)c(Cl)c1. The molecular formula is C37H42ClFN5O11PS2. The van der Waals surface area contributed by atoms with Crippen molar-refractivity contribution in [1.29, 1.82) is 0 Å². The van der Waals surface area contributed by atoms with Crippen LogP contribution in [0.4, 0.5) is 15.8 Å². The maximum atomic E-state index is 14.5. The third kappa shape index (κ3) is 11.8. The van der Waals surface area contributed by atoms with Crippen molar-refractivity contribution in [3.63, 3.8) is 0 Å². The largest absolute Gasteiger partial charge is 0.481 e. The minimum atomic E-state index is -3.44. The smallest absolute Gasteiger partial charge is 0.320 e. The third-order valence-electron chi connectivity index (χ3n) is 8.99. The summed E-state index contributed by atoms with van der Waals surface area (Å²) in [6.07, 6.45) is 8.09. The number of nitrogens with two attached hydrogens (primary N) is 1. The van der Waals surface area contributed by atoms with E-state index in [-0.39, 0.29) is 71.1 Å². The number of fused-ring (bicyclic) bond motifs is 2. The quantitative estimate of drug-likeness (QED) is 0.120. The molecule has 3 aliphatic rings. The number of carboxylic acid groups (broad SMARTS) is 1. The van der Waals surface area contributed by atoms with Crippen LogP contribution in [0.15, 0.2) is 40.2 Å². The van der Waals surface area contributed by atoms with E-state index in [1.54, 1.807) is 0 Å². The highest BCUT2D eigenvalue weighted by molar-refractivity contribution is 7.90. The number of sulfone groups is 1. The van der Waals surface area contributed by atoms with Crippen LogP contribution in [-0.2, 0) is 46.5 Å². The normalized spacial score (nSPS) is 17.9. The Morgan fingerprint density at radius 2 is 1.88 bits per heavy atom. The highest BCUT2D eigenvalue weighted by atomic mass is 35.5. The molecule has 6 rings (SSSR count). The number of rotatable bonds is 9. The molecule has 312 valence electrons. The zero-order valence-electron chi connectivity index (χ0n) is 31.9. The first-order valence-corrected chi connectivity index (χ1v) is 22.9. The highest BCUT2D eigenvalue weighted by Gasteiger charge is 2.37. The van der Waals surface area contributed by atoms with Crippen molar-refractivity contribution in [2.45, 2.75) is 63.4 Å². The van der Waals surface area contributed by atoms with Crippen molar-refractivity contribution in [3.8, 4) is 18.1 Å². The molecule has 0 radical (unpaired) electrons. The van der Waals surface area contributed by atoms with E-state index >= 15 is 0 Å². The average Bonchev–Trinajstić information content (AvgIpc) is 3.63. The summed E-state index contributed by atoms with van der Waals surface area (Å²) < 4.78 is 59.8. The van der Waals surface area contributed by atoms with E-state index in [1.807, 2.05) is 4.57 Å². The van der Waals surface area contributed by atoms with Gasteiger partial charge in [0.05, 0.1) is 22.2 Å². The van der Waals surface area contributed by atoms with E-state index in [4.69, 9.17) is 38.5 Å². The number of amides is 1. The number of nitrogens with zero attached hydrogens (tertiary/aromatic N) is 4. The fourth-order valence-corrected chi connectivity index (χ4v) is 8.53. The maximum Gasteiger partial charge on any atom is 0.320 e. The molecular weight excluding hydrogens is 840 g/mol. The van der Waals surface area contributed by atoms with Crippen LogP contribution < -0.4 is 20.2 Å². The molecule has 1 fully saturated rings. The number of hydrogen-bond acceptors (Lipinski definition) is 13. The molecule has 2 aromatic carbocycles. The van der Waals surface area contributed by atoms with Crippen LogP contribution in [0.1, 0.15) is 55.7 Å². The third-order valence-corrected chi connectivity index (χ3v) is 12.3. The molecule has 58 heavy (non-hydrogen) atoms. The molecule has 4 N–H and O–H groups in total. The van der Waals surface area contributed by atoms with Crippen molar-refractivity contribution < 1.29 is 56.1 Å². The minimum Gasteiger partial charge on any atom is -0.481 e. The number of carbonyl (C=O) groups is 5. The summed E-state index contributed by atoms with van der Waals surface area (Å²) in [7, 11) is -6.55. The summed E-state index contributed by atoms with van der Waals surface area (Å²) in [6.45, 7) is 6.24. The van der Waals surface area contributed by atoms with E-state index in [9.17, 15) is 41.3 Å². The number of anilines is 1. The number of aromatic nitrogens is 2. The van der Waals surface area contributed by atoms with E-state index in [1.165, 1.54) is 47.4 Å². The van der Waals surface area contributed by atoms with Gasteiger partial charge in [0.1, 0.15) is 29.2 Å². The Hall–Kier alpha value is -4.57. The molecule has 3 aromatic rings. The van der Waals surface area contributed by atoms with Crippen molar-refractivity contribution >= 4 is 80.9 Å². The van der Waals surface area contributed by atoms with Gasteiger partial charge in [-0.25, -0.2) is 17.8 Å². The summed E-state index contributed by atoms with van der Waals surface area (Å²) >= 11 is 7.18. The zero-order valence-corrected chi connectivity index (χ0v) is 35.2. The second-order valence-corrected chi connectivity index (χ2v) is 20.4. The molecule has 16 nitrogen and oxygen atoms in total. The molecule has 3 heterocycles. The molecule has 2 unspecified atom stereocenters. The van der Waals surface area contributed by atoms with Crippen LogP contribution in [-0.4, -0.2) is 94.9 Å². The lowest BCUT2D eigenvalue weighted by atomic mass is 9.82. The number of ether oxygens (including phenoxy) is 1. The molecule has 2 atom stereocenters. The first-order chi connectivity index (χ1) is 26.9. The van der Waals surface area contributed by atoms with Gasteiger partial charge in [-0.1, -0.05) is 31.4 Å². The number of Topliss-reactive ketones (excluding diaryl/α,β-unsaturated/α-hetero) is 3. The number of carbonyl (C=O) groups excluding carboxylic acids is 4. The summed E-state index contributed by atoms with van der Waals surface area (Å²) in [4.78, 5) is 73.3. The zero-order chi connectivity index (χ0) is 43.3. The fraction of sp³-hybridized carbons (Fsp3) is 0.432. The van der Waals surface area contributed by atoms with Gasteiger partial charge in [0.25, 0.3) is 5.91 Å². The van der Waals surface area contributed by atoms with Gasteiger partial charge in [-0.05, 0) is 42.5 Å². The predicted octanol–water partition coefficient (Wildman–Crippen LogP) is 3.81. The molecule has 1 aliphatic carbocycles. The molecule has 1 aromatic heterocycles. The van der Waals surface area contributed by atoms with Gasteiger partial charge < -0.3 is 25.0 Å². The van der Waals surface area contributed by atoms with Crippen LogP contribution >= 0.6 is 30.5 Å². The lowest BCUT2D eigenvalue weighted by molar-refractivity contribution is -0.138. The van der Waals surface area contributed by atoms with Crippen LogP contribution in [0.25, 0.3) is 0 Å². The number of carboxylic acids is 1. The molecule has 21 heteroatoms. The average molecular weight is 882 g/mol. The summed E-state index contributed by atoms with van der Waals surface area (Å²) in [5, 5.41) is 8.21. The molecule has 1 saturated carbocycles. The van der Waals surface area contributed by atoms with E-state index in [0.29, 0.717) is 22.7 Å².